The second-order valence-corrected chi connectivity index (χ2v) is 13.0. The number of nitrogens with zero attached hydrogens (tertiary/aromatic N) is 5. The predicted molar refractivity (Wildman–Crippen MR) is 181 cm³/mol. The molecule has 1 amide bonds. The fourth-order valence-electron chi connectivity index (χ4n) is 7.37. The molecule has 2 N–H and O–H groups in total. The number of pyridine rings is 1. The van der Waals surface area contributed by atoms with Crippen molar-refractivity contribution >= 4 is 39.8 Å². The third kappa shape index (κ3) is 5.68. The minimum absolute atomic E-state index is 0.117. The van der Waals surface area contributed by atoms with Crippen molar-refractivity contribution in [2.24, 2.45) is 0 Å². The summed E-state index contributed by atoms with van der Waals surface area (Å²) in [5.74, 6) is -4.25. The van der Waals surface area contributed by atoms with Gasteiger partial charge in [0, 0.05) is 74.8 Å². The van der Waals surface area contributed by atoms with Crippen molar-refractivity contribution in [2.75, 3.05) is 54.4 Å². The first kappa shape index (κ1) is 31.8. The van der Waals surface area contributed by atoms with E-state index in [-0.39, 0.29) is 48.0 Å². The molecule has 12 heteroatoms. The quantitative estimate of drug-likeness (QED) is 0.280. The van der Waals surface area contributed by atoms with E-state index in [0.29, 0.717) is 12.8 Å². The highest BCUT2D eigenvalue weighted by molar-refractivity contribution is 6.10. The molecule has 7 rings (SSSR count). The van der Waals surface area contributed by atoms with E-state index in [9.17, 15) is 19.5 Å². The Morgan fingerprint density at radius 2 is 1.44 bits per heavy atom. The molecule has 3 heterocycles. The van der Waals surface area contributed by atoms with Crippen LogP contribution in [-0.4, -0.2) is 82.9 Å². The van der Waals surface area contributed by atoms with Gasteiger partial charge in [0.1, 0.15) is 11.3 Å². The molecule has 1 aliphatic carbocycles. The van der Waals surface area contributed by atoms with Crippen molar-refractivity contribution in [3.63, 3.8) is 0 Å². The fraction of sp³-hybridized carbons (Fsp3) is 0.361. The van der Waals surface area contributed by atoms with Gasteiger partial charge in [-0.1, -0.05) is 36.4 Å². The lowest BCUT2D eigenvalue weighted by molar-refractivity contribution is -0.0945. The number of carbonyl (C=O) groups is 2. The molecule has 2 saturated heterocycles. The first-order valence-electron chi connectivity index (χ1n) is 16.4. The van der Waals surface area contributed by atoms with Crippen molar-refractivity contribution < 1.29 is 23.5 Å². The van der Waals surface area contributed by atoms with Gasteiger partial charge in [-0.3, -0.25) is 9.59 Å². The number of para-hydroxylation sites is 1. The molecule has 48 heavy (non-hydrogen) atoms. The van der Waals surface area contributed by atoms with Gasteiger partial charge in [0.05, 0.1) is 16.6 Å². The number of aromatic nitrogens is 1. The van der Waals surface area contributed by atoms with Crippen molar-refractivity contribution in [3.8, 4) is 0 Å². The zero-order chi connectivity index (χ0) is 33.7. The maximum absolute atomic E-state index is 16.9. The number of amides is 1. The van der Waals surface area contributed by atoms with Gasteiger partial charge in [-0.2, -0.15) is 0 Å². The molecule has 2 aliphatic heterocycles. The summed E-state index contributed by atoms with van der Waals surface area (Å²) in [6.07, 6.45) is 2.45. The summed E-state index contributed by atoms with van der Waals surface area (Å²) in [4.78, 5) is 43.1. The zero-order valence-electron chi connectivity index (χ0n) is 26.9. The minimum Gasteiger partial charge on any atom is -0.477 e. The van der Waals surface area contributed by atoms with Gasteiger partial charge in [-0.25, -0.2) is 23.6 Å². The van der Waals surface area contributed by atoms with E-state index >= 15 is 8.78 Å². The molecular weight excluding hydrogens is 618 g/mol. The molecule has 2 unspecified atom stereocenters. The summed E-state index contributed by atoms with van der Waals surface area (Å²) in [5.41, 5.74) is -1.33. The van der Waals surface area contributed by atoms with Gasteiger partial charge in [-0.05, 0) is 51.0 Å². The topological polar surface area (TPSA) is 101 Å². The summed E-state index contributed by atoms with van der Waals surface area (Å²) >= 11 is 0. The van der Waals surface area contributed by atoms with Crippen LogP contribution in [0.2, 0.25) is 0 Å². The van der Waals surface area contributed by atoms with Crippen molar-refractivity contribution in [1.29, 1.82) is 0 Å². The Hall–Kier alpha value is -4.81. The Bertz CT molecular complexity index is 1910. The Balaban J connectivity index is 1.26. The molecule has 3 aromatic carbocycles. The largest absolute Gasteiger partial charge is 0.477 e. The highest BCUT2D eigenvalue weighted by Crippen LogP contribution is 2.43. The number of hydrogen-bond acceptors (Lipinski definition) is 7. The third-order valence-electron chi connectivity index (χ3n) is 9.67. The number of piperazine rings is 2. The lowest BCUT2D eigenvalue weighted by Gasteiger charge is -2.52. The number of carboxylic acid groups (broad SMARTS) is 1. The average molecular weight is 657 g/mol. The number of carboxylic acids is 1. The van der Waals surface area contributed by atoms with Crippen LogP contribution in [0.1, 0.15) is 53.4 Å². The predicted octanol–water partition coefficient (Wildman–Crippen LogP) is 5.20. The van der Waals surface area contributed by atoms with E-state index in [1.165, 1.54) is 22.4 Å². The summed E-state index contributed by atoms with van der Waals surface area (Å²) in [5, 5.41) is 16.5. The van der Waals surface area contributed by atoms with E-state index in [1.54, 1.807) is 23.1 Å². The van der Waals surface area contributed by atoms with Gasteiger partial charge in [0.2, 0.25) is 5.43 Å². The van der Waals surface area contributed by atoms with Crippen molar-refractivity contribution in [1.82, 2.24) is 14.6 Å². The molecule has 2 atom stereocenters. The van der Waals surface area contributed by atoms with Crippen LogP contribution < -0.4 is 20.5 Å². The number of hydrogen-bond donors (Lipinski definition) is 2. The first-order chi connectivity index (χ1) is 23.1. The van der Waals surface area contributed by atoms with Crippen LogP contribution in [0, 0.1) is 11.6 Å². The molecule has 250 valence electrons. The molecule has 3 aliphatic rings. The number of benzene rings is 3. The normalized spacial score (nSPS) is 20.7. The van der Waals surface area contributed by atoms with Gasteiger partial charge < -0.3 is 24.8 Å². The Morgan fingerprint density at radius 1 is 0.833 bits per heavy atom. The van der Waals surface area contributed by atoms with Gasteiger partial charge in [-0.15, -0.1) is 0 Å². The van der Waals surface area contributed by atoms with E-state index in [2.05, 4.69) is 32.4 Å². The number of halogens is 2. The summed E-state index contributed by atoms with van der Waals surface area (Å²) < 4.78 is 35.2. The van der Waals surface area contributed by atoms with Crippen LogP contribution in [0.5, 0.6) is 0 Å². The van der Waals surface area contributed by atoms with Crippen LogP contribution in [0.4, 0.5) is 25.8 Å². The second kappa shape index (κ2) is 12.7. The van der Waals surface area contributed by atoms with Crippen LogP contribution in [0.15, 0.2) is 71.7 Å². The van der Waals surface area contributed by atoms with Crippen LogP contribution in [-0.2, 0) is 0 Å². The number of anilines is 3. The van der Waals surface area contributed by atoms with Crippen LogP contribution in [0.3, 0.4) is 0 Å². The third-order valence-corrected chi connectivity index (χ3v) is 9.67. The van der Waals surface area contributed by atoms with E-state index in [0.717, 1.165) is 32.4 Å². The highest BCUT2D eigenvalue weighted by Gasteiger charge is 2.39. The molecule has 10 nitrogen and oxygen atoms in total. The zero-order valence-corrected chi connectivity index (χ0v) is 26.9. The Labute approximate surface area is 276 Å². The van der Waals surface area contributed by atoms with Gasteiger partial charge in [0.25, 0.3) is 5.91 Å². The number of carbonyl (C=O) groups excluding carboxylic acids is 1. The summed E-state index contributed by atoms with van der Waals surface area (Å²) in [7, 11) is 0. The maximum Gasteiger partial charge on any atom is 0.341 e. The average Bonchev–Trinajstić information content (AvgIpc) is 3.93. The number of nitrogens with one attached hydrogen (secondary N) is 1. The molecular formula is C36H38F2N6O4. The van der Waals surface area contributed by atoms with E-state index in [1.807, 2.05) is 32.0 Å². The van der Waals surface area contributed by atoms with Gasteiger partial charge in [0.15, 0.2) is 11.6 Å². The van der Waals surface area contributed by atoms with Crippen molar-refractivity contribution in [2.45, 2.75) is 44.8 Å². The Morgan fingerprint density at radius 3 is 2.02 bits per heavy atom. The summed E-state index contributed by atoms with van der Waals surface area (Å²) in [6, 6.07) is 17.9. The highest BCUT2D eigenvalue weighted by atomic mass is 19.1. The standard InChI is InChI=1S/C36H38F2N6O4/c1-22-19-41(20-23(2)44(22)42-17-15-40(16-18-42)25-11-7-4-8-12-25)33-29(37)31(39-35(46)24-9-5-3-6-10-24)28-32(30(33)38)43(26-13-14-26)21-27(34(28)45)36(47)48/h3-12,21-23,26H,13-20H2,1-2H3,(H,39,46)(H,47,48). The second-order valence-electron chi connectivity index (χ2n) is 13.0. The minimum atomic E-state index is -1.51. The SMILES string of the molecule is CC1CN(c2c(F)c(NC(=O)c3ccccc3)c3c(=O)c(C(=O)O)cn(C4CC4)c3c2F)CC(C)N1N1CCN(c2ccccc2)CC1. The smallest absolute Gasteiger partial charge is 0.341 e. The molecule has 4 aromatic rings. The molecule has 1 saturated carbocycles. The van der Waals surface area contributed by atoms with E-state index in [4.69, 9.17) is 0 Å². The van der Waals surface area contributed by atoms with Crippen molar-refractivity contribution in [3.05, 3.63) is 99.8 Å². The molecule has 3 fully saturated rings. The number of rotatable bonds is 7. The lowest BCUT2D eigenvalue weighted by atomic mass is 10.0. The summed E-state index contributed by atoms with van der Waals surface area (Å²) in [6.45, 7) is 7.93. The van der Waals surface area contributed by atoms with Gasteiger partial charge >= 0.3 is 5.97 Å². The van der Waals surface area contributed by atoms with Crippen LogP contribution >= 0.6 is 0 Å². The lowest BCUT2D eigenvalue weighted by Crippen LogP contribution is -2.65. The molecule has 1 aromatic heterocycles. The number of aromatic carboxylic acids is 1. The first-order valence-corrected chi connectivity index (χ1v) is 16.4. The number of fused-ring (bicyclic) bond motifs is 1. The molecule has 0 bridgehead atoms. The number of hydrazine groups is 1. The fourth-order valence-corrected chi connectivity index (χ4v) is 7.37. The monoisotopic (exact) mass is 656 g/mol. The van der Waals surface area contributed by atoms with Crippen LogP contribution in [0.25, 0.3) is 10.9 Å². The Kier molecular flexibility index (Phi) is 8.38. The molecule has 0 radical (unpaired) electrons. The van der Waals surface area contributed by atoms with E-state index < -0.39 is 45.6 Å². The maximum atomic E-state index is 16.9. The molecule has 0 spiro atoms.